The van der Waals surface area contributed by atoms with Crippen molar-refractivity contribution in [3.63, 3.8) is 0 Å². The SMILES string of the molecule is O=C(NNO[C@H]1C(O)O[C@H](C(=O)O)[C@@H](O)[C@@H]1O)c1ccncc1. The number of aliphatic carboxylic acids is 1. The highest BCUT2D eigenvalue weighted by Crippen LogP contribution is 2.21. The zero-order chi connectivity index (χ0) is 17.0. The minimum Gasteiger partial charge on any atom is -0.479 e. The molecule has 0 bridgehead atoms. The second-order valence-electron chi connectivity index (χ2n) is 4.64. The van der Waals surface area contributed by atoms with Crippen molar-refractivity contribution >= 4 is 11.9 Å². The molecular weight excluding hydrogens is 314 g/mol. The number of aliphatic hydroxyl groups excluding tert-OH is 3. The van der Waals surface area contributed by atoms with Crippen LogP contribution in [0.15, 0.2) is 24.5 Å². The Labute approximate surface area is 129 Å². The van der Waals surface area contributed by atoms with Gasteiger partial charge in [0.1, 0.15) is 12.2 Å². The van der Waals surface area contributed by atoms with Gasteiger partial charge in [0, 0.05) is 18.0 Å². The number of carbonyl (C=O) groups is 2. The maximum absolute atomic E-state index is 11.7. The Morgan fingerprint density at radius 2 is 1.83 bits per heavy atom. The standard InChI is InChI=1S/C12H15N3O8/c16-6-7(17)9(12(21)22-8(6)11(19)20)23-15-14-10(18)5-1-3-13-4-2-5/h1-4,6-9,12,15-17,21H,(H,14,18)(H,19,20)/t6-,7-,8-,9+,12?/m0/s1. The van der Waals surface area contributed by atoms with Crippen LogP contribution in [0.5, 0.6) is 0 Å². The molecule has 1 aromatic heterocycles. The summed E-state index contributed by atoms with van der Waals surface area (Å²) in [6.45, 7) is 0. The molecule has 1 aliphatic heterocycles. The number of hydrazine groups is 1. The summed E-state index contributed by atoms with van der Waals surface area (Å²) < 4.78 is 4.65. The van der Waals surface area contributed by atoms with Gasteiger partial charge in [-0.25, -0.2) is 4.79 Å². The highest BCUT2D eigenvalue weighted by Gasteiger charge is 2.48. The van der Waals surface area contributed by atoms with Crippen molar-refractivity contribution in [2.24, 2.45) is 0 Å². The molecule has 0 saturated carbocycles. The smallest absolute Gasteiger partial charge is 0.335 e. The molecule has 1 amide bonds. The van der Waals surface area contributed by atoms with Gasteiger partial charge in [-0.1, -0.05) is 0 Å². The second-order valence-corrected chi connectivity index (χ2v) is 4.64. The first-order chi connectivity index (χ1) is 10.9. The maximum Gasteiger partial charge on any atom is 0.335 e. The fourth-order valence-corrected chi connectivity index (χ4v) is 1.90. The summed E-state index contributed by atoms with van der Waals surface area (Å²) in [7, 11) is 0. The predicted molar refractivity (Wildman–Crippen MR) is 70.2 cm³/mol. The van der Waals surface area contributed by atoms with Crippen molar-refractivity contribution in [2.75, 3.05) is 0 Å². The van der Waals surface area contributed by atoms with E-state index in [1.807, 2.05) is 5.59 Å². The number of aromatic nitrogens is 1. The lowest BCUT2D eigenvalue weighted by Gasteiger charge is -2.38. The van der Waals surface area contributed by atoms with E-state index < -0.39 is 42.6 Å². The number of hydrogen-bond donors (Lipinski definition) is 6. The number of hydrogen-bond acceptors (Lipinski definition) is 9. The normalized spacial score (nSPS) is 30.7. The van der Waals surface area contributed by atoms with E-state index >= 15 is 0 Å². The largest absolute Gasteiger partial charge is 0.479 e. The van der Waals surface area contributed by atoms with Crippen molar-refractivity contribution < 1.29 is 39.6 Å². The Morgan fingerprint density at radius 3 is 2.43 bits per heavy atom. The number of carboxylic acids is 1. The van der Waals surface area contributed by atoms with Crippen LogP contribution in [0, 0.1) is 0 Å². The van der Waals surface area contributed by atoms with Crippen LogP contribution in [-0.2, 0) is 14.4 Å². The summed E-state index contributed by atoms with van der Waals surface area (Å²) >= 11 is 0. The molecule has 1 saturated heterocycles. The number of rotatable bonds is 5. The average molecular weight is 329 g/mol. The number of aliphatic hydroxyl groups is 3. The summed E-state index contributed by atoms with van der Waals surface area (Å²) in [4.78, 5) is 31.1. The molecule has 126 valence electrons. The third-order valence-corrected chi connectivity index (χ3v) is 3.11. The van der Waals surface area contributed by atoms with Gasteiger partial charge >= 0.3 is 5.97 Å². The molecule has 0 aromatic carbocycles. The summed E-state index contributed by atoms with van der Waals surface area (Å²) in [5.74, 6) is -2.13. The lowest BCUT2D eigenvalue weighted by molar-refractivity contribution is -0.302. The number of nitrogens with one attached hydrogen (secondary N) is 2. The van der Waals surface area contributed by atoms with Gasteiger partial charge in [0.25, 0.3) is 5.91 Å². The van der Waals surface area contributed by atoms with Crippen molar-refractivity contribution in [1.82, 2.24) is 16.0 Å². The van der Waals surface area contributed by atoms with Crippen LogP contribution in [0.3, 0.4) is 0 Å². The highest BCUT2D eigenvalue weighted by atomic mass is 16.7. The molecule has 11 nitrogen and oxygen atoms in total. The molecular formula is C12H15N3O8. The van der Waals surface area contributed by atoms with Gasteiger partial charge in [0.05, 0.1) is 0 Å². The fraction of sp³-hybridized carbons (Fsp3) is 0.417. The Morgan fingerprint density at radius 1 is 1.17 bits per heavy atom. The van der Waals surface area contributed by atoms with E-state index in [1.165, 1.54) is 24.5 Å². The molecule has 1 fully saturated rings. The van der Waals surface area contributed by atoms with Gasteiger partial charge in [-0.15, -0.1) is 5.59 Å². The summed E-state index contributed by atoms with van der Waals surface area (Å²) in [6.07, 6.45) is -5.94. The van der Waals surface area contributed by atoms with E-state index in [9.17, 15) is 24.9 Å². The molecule has 1 aromatic rings. The third-order valence-electron chi connectivity index (χ3n) is 3.11. The average Bonchev–Trinajstić information content (AvgIpc) is 2.54. The van der Waals surface area contributed by atoms with E-state index in [1.54, 1.807) is 0 Å². The van der Waals surface area contributed by atoms with E-state index in [-0.39, 0.29) is 5.56 Å². The van der Waals surface area contributed by atoms with Crippen molar-refractivity contribution in [2.45, 2.75) is 30.7 Å². The second kappa shape index (κ2) is 7.41. The number of amides is 1. The summed E-state index contributed by atoms with van der Waals surface area (Å²) in [5, 5.41) is 37.8. The van der Waals surface area contributed by atoms with E-state index in [0.717, 1.165) is 0 Å². The Hall–Kier alpha value is -2.15. The first-order valence-electron chi connectivity index (χ1n) is 6.45. The van der Waals surface area contributed by atoms with Gasteiger partial charge < -0.3 is 25.2 Å². The number of nitrogens with zero attached hydrogens (tertiary/aromatic N) is 1. The first-order valence-corrected chi connectivity index (χ1v) is 6.45. The maximum atomic E-state index is 11.7. The summed E-state index contributed by atoms with van der Waals surface area (Å²) in [6, 6.07) is 2.87. The molecule has 0 spiro atoms. The van der Waals surface area contributed by atoms with Crippen molar-refractivity contribution in [1.29, 1.82) is 0 Å². The number of pyridine rings is 1. The molecule has 11 heteroatoms. The van der Waals surface area contributed by atoms with E-state index in [0.29, 0.717) is 0 Å². The summed E-state index contributed by atoms with van der Waals surface area (Å²) in [5.41, 5.74) is 4.39. The van der Waals surface area contributed by atoms with E-state index in [4.69, 9.17) is 9.94 Å². The molecule has 1 unspecified atom stereocenters. The number of ether oxygens (including phenoxy) is 1. The van der Waals surface area contributed by atoms with Crippen molar-refractivity contribution in [3.8, 4) is 0 Å². The van der Waals surface area contributed by atoms with Crippen molar-refractivity contribution in [3.05, 3.63) is 30.1 Å². The minimum atomic E-state index is -1.83. The van der Waals surface area contributed by atoms with Gasteiger partial charge in [-0.3, -0.25) is 20.0 Å². The van der Waals surface area contributed by atoms with Crippen LogP contribution in [-0.4, -0.2) is 68.0 Å². The molecule has 2 rings (SSSR count). The van der Waals surface area contributed by atoms with Crippen LogP contribution in [0.2, 0.25) is 0 Å². The van der Waals surface area contributed by atoms with Crippen LogP contribution < -0.4 is 11.0 Å². The zero-order valence-electron chi connectivity index (χ0n) is 11.6. The van der Waals surface area contributed by atoms with Gasteiger partial charge in [-0.2, -0.15) is 0 Å². The third kappa shape index (κ3) is 3.98. The van der Waals surface area contributed by atoms with Gasteiger partial charge in [-0.05, 0) is 12.1 Å². The lowest BCUT2D eigenvalue weighted by atomic mass is 9.99. The van der Waals surface area contributed by atoms with Crippen LogP contribution in [0.4, 0.5) is 0 Å². The molecule has 1 aliphatic rings. The molecule has 6 N–H and O–H groups in total. The topological polar surface area (TPSA) is 170 Å². The lowest BCUT2D eigenvalue weighted by Crippen LogP contribution is -2.62. The Balaban J connectivity index is 1.88. The van der Waals surface area contributed by atoms with Crippen LogP contribution in [0.1, 0.15) is 10.4 Å². The molecule has 5 atom stereocenters. The minimum absolute atomic E-state index is 0.267. The fourth-order valence-electron chi connectivity index (χ4n) is 1.90. The van der Waals surface area contributed by atoms with Crippen LogP contribution in [0.25, 0.3) is 0 Å². The van der Waals surface area contributed by atoms with Gasteiger partial charge in [0.15, 0.2) is 18.5 Å². The number of carbonyl (C=O) groups excluding carboxylic acids is 1. The molecule has 23 heavy (non-hydrogen) atoms. The number of carboxylic acid groups (broad SMARTS) is 1. The molecule has 0 radical (unpaired) electrons. The van der Waals surface area contributed by atoms with E-state index in [2.05, 4.69) is 15.1 Å². The first kappa shape index (κ1) is 17.2. The quantitative estimate of drug-likeness (QED) is 0.309. The van der Waals surface area contributed by atoms with Gasteiger partial charge in [0.2, 0.25) is 0 Å². The monoisotopic (exact) mass is 329 g/mol. The Kier molecular flexibility index (Phi) is 5.54. The van der Waals surface area contributed by atoms with Crippen LogP contribution >= 0.6 is 0 Å². The Bertz CT molecular complexity index is 556. The zero-order valence-corrected chi connectivity index (χ0v) is 11.6. The molecule has 0 aliphatic carbocycles. The predicted octanol–water partition coefficient (Wildman–Crippen LogP) is -2.86. The molecule has 2 heterocycles. The highest BCUT2D eigenvalue weighted by molar-refractivity contribution is 5.93.